The molecule has 4 amide bonds. The normalized spacial score (nSPS) is 14.9. The van der Waals surface area contributed by atoms with Crippen LogP contribution in [0.25, 0.3) is 0 Å². The summed E-state index contributed by atoms with van der Waals surface area (Å²) in [5.74, 6) is -3.68. The lowest BCUT2D eigenvalue weighted by Gasteiger charge is -2.42. The molecule has 310 valence electrons. The van der Waals surface area contributed by atoms with Gasteiger partial charge < -0.3 is 30.1 Å². The maximum Gasteiger partial charge on any atom is 0.410 e. The number of rotatable bonds is 16. The second-order valence-electron chi connectivity index (χ2n) is 18.5. The van der Waals surface area contributed by atoms with E-state index < -0.39 is 76.4 Å². The number of esters is 1. The summed E-state index contributed by atoms with van der Waals surface area (Å²) in [5.41, 5.74) is -1.89. The third kappa shape index (κ3) is 15.3. The van der Waals surface area contributed by atoms with E-state index in [1.54, 1.807) is 40.8 Å². The van der Waals surface area contributed by atoms with E-state index in [-0.39, 0.29) is 36.4 Å². The van der Waals surface area contributed by atoms with E-state index in [1.807, 2.05) is 99.6 Å². The number of benzene rings is 1. The molecule has 13 heteroatoms. The van der Waals surface area contributed by atoms with E-state index in [9.17, 15) is 33.9 Å². The predicted octanol–water partition coefficient (Wildman–Crippen LogP) is 6.10. The third-order valence-electron chi connectivity index (χ3n) is 9.05. The number of hydrogen-bond donors (Lipinski definition) is 3. The van der Waals surface area contributed by atoms with Gasteiger partial charge in [0.15, 0.2) is 0 Å². The number of amides is 4. The highest BCUT2D eigenvalue weighted by atomic mass is 16.6. The first-order valence-corrected chi connectivity index (χ1v) is 18.9. The molecule has 3 N–H and O–H groups in total. The molecule has 0 saturated carbocycles. The van der Waals surface area contributed by atoms with Gasteiger partial charge in [0.2, 0.25) is 17.7 Å². The van der Waals surface area contributed by atoms with Crippen molar-refractivity contribution >= 4 is 35.8 Å². The number of carboxylic acids is 1. The Morgan fingerprint density at radius 3 is 1.84 bits per heavy atom. The van der Waals surface area contributed by atoms with Gasteiger partial charge in [-0.1, -0.05) is 106 Å². The largest absolute Gasteiger partial charge is 0.481 e. The van der Waals surface area contributed by atoms with E-state index >= 15 is 0 Å². The molecule has 1 aromatic rings. The molecule has 0 saturated heterocycles. The van der Waals surface area contributed by atoms with Crippen LogP contribution < -0.4 is 10.6 Å². The van der Waals surface area contributed by atoms with Crippen molar-refractivity contribution in [3.8, 4) is 0 Å². The molecule has 55 heavy (non-hydrogen) atoms. The molecule has 4 atom stereocenters. The molecular weight excluding hydrogens is 704 g/mol. The minimum atomic E-state index is -1.21. The zero-order valence-electron chi connectivity index (χ0n) is 36.1. The SMILES string of the molecule is C/C(=C\[C@H](C(C)C)N(C)C(=O)[C@@H](NC(=O)[C@@H](N(C)C(=O)OCC(C)(C)C)C(C)(C)c1ccccc1)C(C)(C)C)C(=O)N[C@H](CCC(=O)O)C(=O)OC(C)(C)C. The molecule has 0 radical (unpaired) electrons. The van der Waals surface area contributed by atoms with Gasteiger partial charge in [-0.15, -0.1) is 0 Å². The number of likely N-dealkylation sites (N-methyl/N-ethyl adjacent to an activating group) is 2. The zero-order chi connectivity index (χ0) is 42.9. The Labute approximate surface area is 328 Å². The number of carbonyl (C=O) groups excluding carboxylic acids is 5. The molecule has 0 bridgehead atoms. The molecule has 0 unspecified atom stereocenters. The van der Waals surface area contributed by atoms with Crippen LogP contribution >= 0.6 is 0 Å². The van der Waals surface area contributed by atoms with E-state index in [2.05, 4.69) is 10.6 Å². The molecule has 0 aliphatic rings. The smallest absolute Gasteiger partial charge is 0.410 e. The molecule has 0 heterocycles. The fraction of sp³-hybridized carbons (Fsp3) is 0.667. The standard InChI is InChI=1S/C42H68N4O9/c1-26(2)30(24-27(3)34(49)43-29(22-23-31(47)48)37(52)55-41(10,11)12)45(15)36(51)32(40(7,8)9)44-35(50)33(42(13,14)28-20-18-17-19-21-28)46(16)38(53)54-25-39(4,5)6/h17-21,24,26,29-30,32-33H,22-23,25H2,1-16H3,(H,43,49)(H,44,50)(H,47,48)/b27-24+/t29-,30-,32-,33-/m1/s1. The lowest BCUT2D eigenvalue weighted by atomic mass is 9.76. The Hall–Kier alpha value is -4.42. The molecule has 13 nitrogen and oxygen atoms in total. The molecule has 0 aliphatic carbocycles. The van der Waals surface area contributed by atoms with Gasteiger partial charge in [0.25, 0.3) is 0 Å². The van der Waals surface area contributed by atoms with E-state index in [0.29, 0.717) is 0 Å². The fourth-order valence-electron chi connectivity index (χ4n) is 5.96. The monoisotopic (exact) mass is 772 g/mol. The molecule has 0 fully saturated rings. The van der Waals surface area contributed by atoms with Gasteiger partial charge in [0.1, 0.15) is 23.7 Å². The average molecular weight is 773 g/mol. The Balaban J connectivity index is 3.55. The van der Waals surface area contributed by atoms with Crippen LogP contribution in [-0.4, -0.2) is 101 Å². The Bertz CT molecular complexity index is 1530. The van der Waals surface area contributed by atoms with Gasteiger partial charge in [0, 0.05) is 31.5 Å². The van der Waals surface area contributed by atoms with Crippen molar-refractivity contribution in [1.82, 2.24) is 20.4 Å². The number of ether oxygens (including phenoxy) is 2. The van der Waals surface area contributed by atoms with Gasteiger partial charge in [-0.05, 0) is 56.4 Å². The molecular formula is C42H68N4O9. The highest BCUT2D eigenvalue weighted by Gasteiger charge is 2.45. The summed E-state index contributed by atoms with van der Waals surface area (Å²) in [6.07, 6.45) is 0.401. The summed E-state index contributed by atoms with van der Waals surface area (Å²) in [4.78, 5) is 82.8. The third-order valence-corrected chi connectivity index (χ3v) is 9.05. The van der Waals surface area contributed by atoms with E-state index in [0.717, 1.165) is 5.56 Å². The maximum absolute atomic E-state index is 14.5. The van der Waals surface area contributed by atoms with E-state index in [4.69, 9.17) is 9.47 Å². The summed E-state index contributed by atoms with van der Waals surface area (Å²) < 4.78 is 11.1. The van der Waals surface area contributed by atoms with Crippen molar-refractivity contribution in [3.63, 3.8) is 0 Å². The number of nitrogens with zero attached hydrogens (tertiary/aromatic N) is 2. The average Bonchev–Trinajstić information content (AvgIpc) is 3.04. The first kappa shape index (κ1) is 48.6. The van der Waals surface area contributed by atoms with Crippen molar-refractivity contribution in [3.05, 3.63) is 47.5 Å². The Morgan fingerprint density at radius 1 is 0.836 bits per heavy atom. The van der Waals surface area contributed by atoms with E-state index in [1.165, 1.54) is 16.8 Å². The first-order chi connectivity index (χ1) is 24.9. The quantitative estimate of drug-likeness (QED) is 0.133. The number of hydrogen-bond acceptors (Lipinski definition) is 8. The van der Waals surface area contributed by atoms with Crippen LogP contribution in [0, 0.1) is 16.7 Å². The van der Waals surface area contributed by atoms with Crippen molar-refractivity contribution < 1.29 is 43.3 Å². The predicted molar refractivity (Wildman–Crippen MR) is 213 cm³/mol. The summed E-state index contributed by atoms with van der Waals surface area (Å²) in [6, 6.07) is 5.36. The maximum atomic E-state index is 14.5. The topological polar surface area (TPSA) is 172 Å². The minimum Gasteiger partial charge on any atom is -0.481 e. The van der Waals surface area contributed by atoms with Gasteiger partial charge >= 0.3 is 18.0 Å². The molecule has 0 aliphatic heterocycles. The van der Waals surface area contributed by atoms with Crippen molar-refractivity contribution in [2.45, 2.75) is 145 Å². The van der Waals surface area contributed by atoms with Crippen LogP contribution in [-0.2, 0) is 38.9 Å². The highest BCUT2D eigenvalue weighted by molar-refractivity contribution is 5.96. The fourth-order valence-corrected chi connectivity index (χ4v) is 5.96. The lowest BCUT2D eigenvalue weighted by Crippen LogP contribution is -2.63. The van der Waals surface area contributed by atoms with Crippen molar-refractivity contribution in [2.24, 2.45) is 16.7 Å². The van der Waals surface area contributed by atoms with Crippen molar-refractivity contribution in [2.75, 3.05) is 20.7 Å². The minimum absolute atomic E-state index is 0.135. The number of carbonyl (C=O) groups is 6. The lowest BCUT2D eigenvalue weighted by molar-refractivity contribution is -0.158. The summed E-state index contributed by atoms with van der Waals surface area (Å²) in [5, 5.41) is 14.8. The van der Waals surface area contributed by atoms with Crippen LogP contribution in [0.1, 0.15) is 115 Å². The molecule has 1 aromatic carbocycles. The first-order valence-electron chi connectivity index (χ1n) is 18.9. The zero-order valence-corrected chi connectivity index (χ0v) is 36.1. The van der Waals surface area contributed by atoms with Gasteiger partial charge in [-0.2, -0.15) is 0 Å². The Morgan fingerprint density at radius 2 is 1.38 bits per heavy atom. The van der Waals surface area contributed by atoms with Crippen LogP contribution in [0.3, 0.4) is 0 Å². The number of aliphatic carboxylic acids is 1. The van der Waals surface area contributed by atoms with Crippen molar-refractivity contribution in [1.29, 1.82) is 0 Å². The van der Waals surface area contributed by atoms with Gasteiger partial charge in [-0.3, -0.25) is 24.1 Å². The van der Waals surface area contributed by atoms with Crippen LogP contribution in [0.4, 0.5) is 4.79 Å². The van der Waals surface area contributed by atoms with Crippen LogP contribution in [0.5, 0.6) is 0 Å². The summed E-state index contributed by atoms with van der Waals surface area (Å²) >= 11 is 0. The molecule has 1 rings (SSSR count). The highest BCUT2D eigenvalue weighted by Crippen LogP contribution is 2.32. The molecule has 0 aromatic heterocycles. The summed E-state index contributed by atoms with van der Waals surface area (Å²) in [6.45, 7) is 25.5. The van der Waals surface area contributed by atoms with Crippen LogP contribution in [0.2, 0.25) is 0 Å². The second-order valence-corrected chi connectivity index (χ2v) is 18.5. The number of carboxylic acid groups (broad SMARTS) is 1. The molecule has 0 spiro atoms. The Kier molecular flexibility index (Phi) is 17.2. The van der Waals surface area contributed by atoms with Gasteiger partial charge in [0.05, 0.1) is 12.6 Å². The second kappa shape index (κ2) is 19.4. The van der Waals surface area contributed by atoms with Gasteiger partial charge in [-0.25, -0.2) is 9.59 Å². The number of nitrogens with one attached hydrogen (secondary N) is 2. The van der Waals surface area contributed by atoms with Crippen LogP contribution in [0.15, 0.2) is 42.0 Å². The summed E-state index contributed by atoms with van der Waals surface area (Å²) in [7, 11) is 3.11.